The summed E-state index contributed by atoms with van der Waals surface area (Å²) < 4.78 is 1.28. The van der Waals surface area contributed by atoms with Crippen LogP contribution in [0.1, 0.15) is 24.8 Å². The molecule has 2 rings (SSSR count). The van der Waals surface area contributed by atoms with Crippen LogP contribution in [-0.4, -0.2) is 25.4 Å². The summed E-state index contributed by atoms with van der Waals surface area (Å²) in [5.74, 6) is 0.629. The van der Waals surface area contributed by atoms with Crippen LogP contribution in [0.25, 0.3) is 5.65 Å². The van der Waals surface area contributed by atoms with Gasteiger partial charge in [-0.1, -0.05) is 18.5 Å². The number of halogens is 2. The van der Waals surface area contributed by atoms with Crippen molar-refractivity contribution in [3.8, 4) is 0 Å². The van der Waals surface area contributed by atoms with Gasteiger partial charge in [0.25, 0.3) is 0 Å². The largest absolute Gasteiger partial charge is 0.333 e. The molecule has 0 spiro atoms. The van der Waals surface area contributed by atoms with Crippen molar-refractivity contribution in [3.05, 3.63) is 33.2 Å². The van der Waals surface area contributed by atoms with E-state index < -0.39 is 4.92 Å². The Morgan fingerprint density at radius 1 is 1.56 bits per heavy atom. The van der Waals surface area contributed by atoms with Crippen LogP contribution in [0, 0.1) is 10.1 Å². The Labute approximate surface area is 113 Å². The third-order valence-electron chi connectivity index (χ3n) is 2.75. The summed E-state index contributed by atoms with van der Waals surface area (Å²) in [7, 11) is 0. The second-order valence-corrected chi connectivity index (χ2v) is 4.64. The second kappa shape index (κ2) is 5.07. The first-order valence-electron chi connectivity index (χ1n) is 5.28. The fourth-order valence-corrected chi connectivity index (χ4v) is 2.37. The lowest BCUT2D eigenvalue weighted by Gasteiger charge is -2.11. The minimum absolute atomic E-state index is 0.121. The number of aromatic nitrogens is 3. The fourth-order valence-electron chi connectivity index (χ4n) is 1.68. The van der Waals surface area contributed by atoms with E-state index in [0.29, 0.717) is 11.0 Å². The highest BCUT2D eigenvalue weighted by molar-refractivity contribution is 6.30. The summed E-state index contributed by atoms with van der Waals surface area (Å²) in [6, 6.07) is 0. The number of hydrogen-bond donors (Lipinski definition) is 0. The summed E-state index contributed by atoms with van der Waals surface area (Å²) >= 11 is 11.9. The van der Waals surface area contributed by atoms with E-state index in [0.717, 1.165) is 18.2 Å². The molecule has 0 aliphatic rings. The van der Waals surface area contributed by atoms with E-state index in [9.17, 15) is 10.1 Å². The van der Waals surface area contributed by atoms with Crippen molar-refractivity contribution < 1.29 is 4.92 Å². The average molecular weight is 289 g/mol. The number of hydrogen-bond acceptors (Lipinski definition) is 4. The minimum Gasteiger partial charge on any atom is -0.258 e. The number of nitrogens with zero attached hydrogens (tertiary/aromatic N) is 4. The molecule has 2 aromatic heterocycles. The van der Waals surface area contributed by atoms with Crippen LogP contribution in [0.4, 0.5) is 5.69 Å². The molecule has 0 N–H and O–H groups in total. The predicted octanol–water partition coefficient (Wildman–Crippen LogP) is 3.02. The molecular weight excluding hydrogens is 279 g/mol. The van der Waals surface area contributed by atoms with Crippen LogP contribution in [0.3, 0.4) is 0 Å². The molecule has 2 heterocycles. The highest BCUT2D eigenvalue weighted by atomic mass is 35.5. The Hall–Kier alpha value is -1.40. The highest BCUT2D eigenvalue weighted by Gasteiger charge is 2.20. The van der Waals surface area contributed by atoms with Gasteiger partial charge < -0.3 is 0 Å². The van der Waals surface area contributed by atoms with Gasteiger partial charge >= 0.3 is 5.69 Å². The lowest BCUT2D eigenvalue weighted by atomic mass is 10.0. The monoisotopic (exact) mass is 288 g/mol. The zero-order valence-corrected chi connectivity index (χ0v) is 11.0. The Balaban J connectivity index is 2.55. The van der Waals surface area contributed by atoms with Gasteiger partial charge in [-0.05, 0) is 12.3 Å². The van der Waals surface area contributed by atoms with E-state index in [2.05, 4.69) is 10.1 Å². The van der Waals surface area contributed by atoms with Crippen LogP contribution < -0.4 is 0 Å². The first-order valence-corrected chi connectivity index (χ1v) is 6.20. The van der Waals surface area contributed by atoms with E-state index in [1.807, 2.05) is 6.92 Å². The van der Waals surface area contributed by atoms with Crippen molar-refractivity contribution in [1.29, 1.82) is 0 Å². The number of nitro groups is 1. The van der Waals surface area contributed by atoms with Crippen molar-refractivity contribution >= 4 is 34.5 Å². The van der Waals surface area contributed by atoms with E-state index in [1.54, 1.807) is 6.20 Å². The summed E-state index contributed by atoms with van der Waals surface area (Å²) in [4.78, 5) is 14.3. The summed E-state index contributed by atoms with van der Waals surface area (Å²) in [5, 5.41) is 15.0. The average Bonchev–Trinajstić information content (AvgIpc) is 2.74. The first kappa shape index (κ1) is 13.0. The van der Waals surface area contributed by atoms with Crippen molar-refractivity contribution in [3.63, 3.8) is 0 Å². The maximum atomic E-state index is 10.8. The predicted molar refractivity (Wildman–Crippen MR) is 68.4 cm³/mol. The lowest BCUT2D eigenvalue weighted by molar-refractivity contribution is -0.383. The molecule has 0 bridgehead atoms. The smallest absolute Gasteiger partial charge is 0.258 e. The summed E-state index contributed by atoms with van der Waals surface area (Å²) in [5.41, 5.74) is 0.767. The Bertz CT molecular complexity index is 599. The molecule has 1 unspecified atom stereocenters. The number of fused-ring (bicyclic) bond motifs is 1. The molecule has 0 radical (unpaired) electrons. The molecule has 0 aliphatic carbocycles. The topological polar surface area (TPSA) is 73.3 Å². The van der Waals surface area contributed by atoms with Crippen molar-refractivity contribution in [2.24, 2.45) is 0 Å². The fraction of sp³-hybridized carbons (Fsp3) is 0.400. The van der Waals surface area contributed by atoms with Gasteiger partial charge in [0, 0.05) is 17.6 Å². The molecule has 2 aromatic rings. The Kier molecular flexibility index (Phi) is 3.68. The van der Waals surface area contributed by atoms with Gasteiger partial charge in [-0.3, -0.25) is 10.1 Å². The van der Waals surface area contributed by atoms with Gasteiger partial charge in [-0.2, -0.15) is 9.61 Å². The van der Waals surface area contributed by atoms with Gasteiger partial charge in [0.05, 0.1) is 4.92 Å². The Morgan fingerprint density at radius 3 is 2.89 bits per heavy atom. The van der Waals surface area contributed by atoms with Gasteiger partial charge in [0.15, 0.2) is 0 Å². The van der Waals surface area contributed by atoms with Gasteiger partial charge in [-0.25, -0.2) is 4.98 Å². The van der Waals surface area contributed by atoms with Gasteiger partial charge in [0.1, 0.15) is 11.3 Å². The van der Waals surface area contributed by atoms with E-state index in [1.165, 1.54) is 4.52 Å². The molecule has 0 saturated heterocycles. The van der Waals surface area contributed by atoms with E-state index in [-0.39, 0.29) is 17.3 Å². The molecule has 6 nitrogen and oxygen atoms in total. The number of rotatable bonds is 4. The maximum absolute atomic E-state index is 10.8. The minimum atomic E-state index is -0.534. The quantitative estimate of drug-likeness (QED) is 0.375. The molecule has 18 heavy (non-hydrogen) atoms. The summed E-state index contributed by atoms with van der Waals surface area (Å²) in [6.07, 6.45) is 3.44. The van der Waals surface area contributed by atoms with Gasteiger partial charge in [-0.15, -0.1) is 11.6 Å². The van der Waals surface area contributed by atoms with Crippen LogP contribution >= 0.6 is 23.2 Å². The second-order valence-electron chi connectivity index (χ2n) is 3.91. The van der Waals surface area contributed by atoms with Crippen LogP contribution in [0.15, 0.2) is 12.4 Å². The molecule has 0 aliphatic heterocycles. The Morgan fingerprint density at radius 2 is 2.28 bits per heavy atom. The van der Waals surface area contributed by atoms with Crippen LogP contribution in [0.5, 0.6) is 0 Å². The lowest BCUT2D eigenvalue weighted by Crippen LogP contribution is -2.03. The molecule has 8 heteroatoms. The SMILES string of the molecule is CC(CCCl)c1cnc2c([N+](=O)[O-])cnn2c1Cl. The molecular formula is C10H10Cl2N4O2. The zero-order valence-electron chi connectivity index (χ0n) is 9.51. The normalized spacial score (nSPS) is 12.8. The number of alkyl halides is 1. The van der Waals surface area contributed by atoms with Crippen LogP contribution in [0.2, 0.25) is 5.15 Å². The summed E-state index contributed by atoms with van der Waals surface area (Å²) in [6.45, 7) is 1.97. The zero-order chi connectivity index (χ0) is 13.3. The molecule has 0 amide bonds. The van der Waals surface area contributed by atoms with Gasteiger partial charge in [0.2, 0.25) is 5.65 Å². The third-order valence-corrected chi connectivity index (χ3v) is 3.34. The van der Waals surface area contributed by atoms with Crippen LogP contribution in [-0.2, 0) is 0 Å². The highest BCUT2D eigenvalue weighted by Crippen LogP contribution is 2.29. The molecule has 0 saturated carbocycles. The van der Waals surface area contributed by atoms with E-state index >= 15 is 0 Å². The first-order chi connectivity index (χ1) is 8.56. The van der Waals surface area contributed by atoms with Crippen molar-refractivity contribution in [1.82, 2.24) is 14.6 Å². The van der Waals surface area contributed by atoms with Crippen molar-refractivity contribution in [2.75, 3.05) is 5.88 Å². The standard InChI is InChI=1S/C10H10Cl2N4O2/c1-6(2-3-11)7-4-13-10-8(16(17)18)5-14-15(10)9(7)12/h4-6H,2-3H2,1H3. The molecule has 1 atom stereocenters. The molecule has 0 aromatic carbocycles. The van der Waals surface area contributed by atoms with Crippen molar-refractivity contribution in [2.45, 2.75) is 19.3 Å². The maximum Gasteiger partial charge on any atom is 0.333 e. The van der Waals surface area contributed by atoms with E-state index in [4.69, 9.17) is 23.2 Å². The molecule has 0 fully saturated rings. The third kappa shape index (κ3) is 2.13. The molecule has 96 valence electrons.